The van der Waals surface area contributed by atoms with Gasteiger partial charge in [0, 0.05) is 25.1 Å². The maximum Gasteiger partial charge on any atom is 0.407 e. The number of nitrogens with zero attached hydrogens (tertiary/aromatic N) is 4. The average molecular weight is 494 g/mol. The number of aromatic nitrogens is 2. The molecule has 3 aromatic rings. The highest BCUT2D eigenvalue weighted by Gasteiger charge is 2.48. The number of benzene rings is 2. The summed E-state index contributed by atoms with van der Waals surface area (Å²) in [6.07, 6.45) is 1.12. The number of carboxylic acid groups (broad SMARTS) is 1. The van der Waals surface area contributed by atoms with Crippen LogP contribution in [0.4, 0.5) is 13.6 Å². The Hall–Kier alpha value is -4.08. The van der Waals surface area contributed by atoms with E-state index in [4.69, 9.17) is 0 Å². The lowest BCUT2D eigenvalue weighted by Crippen LogP contribution is -2.52. The molecule has 1 saturated heterocycles. The third-order valence-electron chi connectivity index (χ3n) is 7.09. The Morgan fingerprint density at radius 2 is 1.92 bits per heavy atom. The van der Waals surface area contributed by atoms with Crippen LogP contribution in [-0.2, 0) is 6.54 Å². The standard InChI is InChI=1S/C26H24F2N4O4/c1-30(26(35)36)14-17-20(33)13-29-32-23(17)25(34)31-12-6-11-19(31)24(32)21(15-7-3-2-4-8-15)16-9-5-10-18(27)22(16)28/h2-5,7-10,13,19,21,24H,6,11-12,14H2,1H3,(H,35,36)/t19-,21-,24-/m1/s1. The second-order valence-corrected chi connectivity index (χ2v) is 9.15. The molecule has 186 valence electrons. The van der Waals surface area contributed by atoms with Gasteiger partial charge in [0.25, 0.3) is 5.91 Å². The van der Waals surface area contributed by atoms with E-state index in [9.17, 15) is 23.9 Å². The molecule has 0 aliphatic carbocycles. The minimum absolute atomic E-state index is 0.00164. The molecule has 10 heteroatoms. The van der Waals surface area contributed by atoms with Gasteiger partial charge in [-0.1, -0.05) is 42.5 Å². The summed E-state index contributed by atoms with van der Waals surface area (Å²) in [4.78, 5) is 40.5. The molecule has 36 heavy (non-hydrogen) atoms. The van der Waals surface area contributed by atoms with Crippen LogP contribution in [0.5, 0.6) is 0 Å². The summed E-state index contributed by atoms with van der Waals surface area (Å²) in [6, 6.07) is 12.0. The number of fused-ring (bicyclic) bond motifs is 2. The summed E-state index contributed by atoms with van der Waals surface area (Å²) in [5.74, 6) is -3.12. The van der Waals surface area contributed by atoms with Crippen molar-refractivity contribution in [2.75, 3.05) is 13.6 Å². The Kier molecular flexibility index (Phi) is 6.03. The molecule has 2 aromatic carbocycles. The van der Waals surface area contributed by atoms with Crippen LogP contribution in [-0.4, -0.2) is 56.3 Å². The van der Waals surface area contributed by atoms with E-state index in [-0.39, 0.29) is 29.4 Å². The molecule has 2 aliphatic rings. The lowest BCUT2D eigenvalue weighted by molar-refractivity contribution is 0.0566. The molecule has 1 aromatic heterocycles. The Balaban J connectivity index is 1.78. The average Bonchev–Trinajstić information content (AvgIpc) is 3.36. The molecule has 0 bridgehead atoms. The molecule has 0 saturated carbocycles. The van der Waals surface area contributed by atoms with Crippen LogP contribution in [0.3, 0.4) is 0 Å². The second kappa shape index (κ2) is 9.18. The number of amides is 2. The SMILES string of the molecule is CN(Cc1c2n(ncc1=O)[C@@H]([C@H](c1ccccc1)c1cccc(F)c1F)[C@H]1CCCN1C2=O)C(=O)O. The van der Waals surface area contributed by atoms with E-state index >= 15 is 4.39 Å². The summed E-state index contributed by atoms with van der Waals surface area (Å²) in [7, 11) is 1.30. The first-order valence-electron chi connectivity index (χ1n) is 11.6. The minimum Gasteiger partial charge on any atom is -0.465 e. The fraction of sp³-hybridized carbons (Fsp3) is 0.308. The molecule has 3 heterocycles. The second-order valence-electron chi connectivity index (χ2n) is 9.15. The molecule has 8 nitrogen and oxygen atoms in total. The monoisotopic (exact) mass is 494 g/mol. The van der Waals surface area contributed by atoms with E-state index in [2.05, 4.69) is 5.10 Å². The van der Waals surface area contributed by atoms with Crippen molar-refractivity contribution in [2.45, 2.75) is 37.4 Å². The lowest BCUT2D eigenvalue weighted by atomic mass is 9.79. The summed E-state index contributed by atoms with van der Waals surface area (Å²) >= 11 is 0. The Morgan fingerprint density at radius 1 is 1.17 bits per heavy atom. The van der Waals surface area contributed by atoms with E-state index in [1.165, 1.54) is 23.9 Å². The number of carbonyl (C=O) groups is 2. The van der Waals surface area contributed by atoms with Crippen molar-refractivity contribution < 1.29 is 23.5 Å². The van der Waals surface area contributed by atoms with E-state index in [0.29, 0.717) is 24.9 Å². The lowest BCUT2D eigenvalue weighted by Gasteiger charge is -2.43. The molecule has 2 amide bonds. The molecule has 2 aliphatic heterocycles. The van der Waals surface area contributed by atoms with Gasteiger partial charge in [0.05, 0.1) is 30.4 Å². The first-order chi connectivity index (χ1) is 17.3. The van der Waals surface area contributed by atoms with Gasteiger partial charge in [-0.25, -0.2) is 13.6 Å². The van der Waals surface area contributed by atoms with Crippen LogP contribution in [0.15, 0.2) is 59.5 Å². The number of hydrogen-bond donors (Lipinski definition) is 1. The van der Waals surface area contributed by atoms with Crippen molar-refractivity contribution in [3.8, 4) is 0 Å². The largest absolute Gasteiger partial charge is 0.465 e. The van der Waals surface area contributed by atoms with Crippen LogP contribution in [0.1, 0.15) is 52.0 Å². The van der Waals surface area contributed by atoms with Crippen molar-refractivity contribution in [3.05, 3.63) is 99.0 Å². The summed E-state index contributed by atoms with van der Waals surface area (Å²) < 4.78 is 31.1. The third kappa shape index (κ3) is 3.82. The maximum absolute atomic E-state index is 15.3. The first kappa shape index (κ1) is 23.7. The van der Waals surface area contributed by atoms with Gasteiger partial charge in [0.15, 0.2) is 11.6 Å². The predicted molar refractivity (Wildman–Crippen MR) is 126 cm³/mol. The normalized spacial score (nSPS) is 19.5. The van der Waals surface area contributed by atoms with Crippen molar-refractivity contribution in [1.29, 1.82) is 0 Å². The highest BCUT2D eigenvalue weighted by Crippen LogP contribution is 2.46. The van der Waals surface area contributed by atoms with Crippen LogP contribution >= 0.6 is 0 Å². The molecular weight excluding hydrogens is 470 g/mol. The zero-order valence-corrected chi connectivity index (χ0v) is 19.5. The zero-order valence-electron chi connectivity index (χ0n) is 19.5. The summed E-state index contributed by atoms with van der Waals surface area (Å²) in [5, 5.41) is 13.7. The fourth-order valence-electron chi connectivity index (χ4n) is 5.46. The van der Waals surface area contributed by atoms with Gasteiger partial charge in [-0.2, -0.15) is 5.10 Å². The number of rotatable bonds is 5. The quantitative estimate of drug-likeness (QED) is 0.585. The van der Waals surface area contributed by atoms with Crippen molar-refractivity contribution >= 4 is 12.0 Å². The van der Waals surface area contributed by atoms with Crippen molar-refractivity contribution in [1.82, 2.24) is 19.6 Å². The van der Waals surface area contributed by atoms with Gasteiger partial charge in [0.1, 0.15) is 5.69 Å². The van der Waals surface area contributed by atoms with Gasteiger partial charge in [-0.3, -0.25) is 14.3 Å². The van der Waals surface area contributed by atoms with E-state index in [0.717, 1.165) is 17.2 Å². The Labute approximate surface area is 205 Å². The van der Waals surface area contributed by atoms with Gasteiger partial charge in [0.2, 0.25) is 5.43 Å². The molecule has 3 atom stereocenters. The van der Waals surface area contributed by atoms with Crippen LogP contribution in [0.25, 0.3) is 0 Å². The molecule has 0 spiro atoms. The summed E-state index contributed by atoms with van der Waals surface area (Å²) in [5.41, 5.74) is 0.234. The highest BCUT2D eigenvalue weighted by atomic mass is 19.2. The number of hydrogen-bond acceptors (Lipinski definition) is 4. The minimum atomic E-state index is -1.26. The summed E-state index contributed by atoms with van der Waals surface area (Å²) in [6.45, 7) is 0.123. The third-order valence-corrected chi connectivity index (χ3v) is 7.09. The van der Waals surface area contributed by atoms with E-state index in [1.807, 2.05) is 18.2 Å². The Morgan fingerprint density at radius 3 is 2.64 bits per heavy atom. The molecular formula is C26H24F2N4O4. The number of halogens is 2. The van der Waals surface area contributed by atoms with Gasteiger partial charge in [-0.15, -0.1) is 0 Å². The molecule has 1 N–H and O–H groups in total. The topological polar surface area (TPSA) is 95.7 Å². The number of carbonyl (C=O) groups excluding carboxylic acids is 1. The molecule has 1 fully saturated rings. The zero-order chi connectivity index (χ0) is 25.6. The van der Waals surface area contributed by atoms with E-state index < -0.39 is 41.0 Å². The highest BCUT2D eigenvalue weighted by molar-refractivity contribution is 5.95. The fourth-order valence-corrected chi connectivity index (χ4v) is 5.46. The van der Waals surface area contributed by atoms with Crippen LogP contribution in [0.2, 0.25) is 0 Å². The van der Waals surface area contributed by atoms with E-state index in [1.54, 1.807) is 17.0 Å². The van der Waals surface area contributed by atoms with Crippen molar-refractivity contribution in [2.24, 2.45) is 0 Å². The maximum atomic E-state index is 15.3. The molecule has 0 radical (unpaired) electrons. The van der Waals surface area contributed by atoms with Gasteiger partial charge in [-0.05, 0) is 24.5 Å². The van der Waals surface area contributed by atoms with Crippen molar-refractivity contribution in [3.63, 3.8) is 0 Å². The van der Waals surface area contributed by atoms with Gasteiger partial charge >= 0.3 is 6.09 Å². The molecule has 5 rings (SSSR count). The predicted octanol–water partition coefficient (Wildman–Crippen LogP) is 3.62. The van der Waals surface area contributed by atoms with Crippen LogP contribution in [0, 0.1) is 11.6 Å². The smallest absolute Gasteiger partial charge is 0.407 e. The van der Waals surface area contributed by atoms with Gasteiger partial charge < -0.3 is 14.9 Å². The Bertz CT molecular complexity index is 1390. The van der Waals surface area contributed by atoms with Crippen LogP contribution < -0.4 is 5.43 Å². The molecule has 0 unspecified atom stereocenters. The first-order valence-corrected chi connectivity index (χ1v) is 11.6.